The highest BCUT2D eigenvalue weighted by atomic mass is 16.3. The van der Waals surface area contributed by atoms with Crippen molar-refractivity contribution in [1.29, 1.82) is 0 Å². The van der Waals surface area contributed by atoms with E-state index >= 15 is 0 Å². The Morgan fingerprint density at radius 2 is 2.53 bits per heavy atom. The van der Waals surface area contributed by atoms with Crippen molar-refractivity contribution in [2.45, 2.75) is 0 Å². The normalized spacial score (nSPS) is 12.9. The smallest absolute Gasteiger partial charge is 0.251 e. The van der Waals surface area contributed by atoms with Gasteiger partial charge in [0.15, 0.2) is 0 Å². The minimum atomic E-state index is -2.56. The highest BCUT2D eigenvalue weighted by molar-refractivity contribution is 5.95. The lowest BCUT2D eigenvalue weighted by Crippen LogP contribution is -2.17. The van der Waals surface area contributed by atoms with E-state index in [2.05, 4.69) is 11.2 Å². The lowest BCUT2D eigenvalue weighted by Gasteiger charge is -2.07. The van der Waals surface area contributed by atoms with Gasteiger partial charge in [-0.2, -0.15) is 0 Å². The largest absolute Gasteiger partial charge is 0.506 e. The van der Waals surface area contributed by atoms with Gasteiger partial charge in [0.25, 0.3) is 5.91 Å². The molecule has 3 N–H and O–H groups in total. The number of phenols is 1. The number of nitrogens with one attached hydrogen (secondary N) is 2. The molecule has 0 unspecified atom stereocenters. The van der Waals surface area contributed by atoms with Gasteiger partial charge in [0.1, 0.15) is 5.75 Å². The van der Waals surface area contributed by atoms with Gasteiger partial charge in [-0.3, -0.25) is 4.79 Å². The molecule has 1 rings (SSSR count). The van der Waals surface area contributed by atoms with E-state index in [1.165, 1.54) is 18.2 Å². The summed E-state index contributed by atoms with van der Waals surface area (Å²) in [5, 5.41) is 14.2. The zero-order valence-electron chi connectivity index (χ0n) is 10.9. The van der Waals surface area contributed by atoms with Crippen LogP contribution in [-0.4, -0.2) is 24.5 Å². The fourth-order valence-electron chi connectivity index (χ4n) is 1.04. The average molecular weight is 207 g/mol. The number of carbonyl (C=O) groups excluding carboxylic acids is 1. The zero-order valence-corrected chi connectivity index (χ0v) is 7.87. The summed E-state index contributed by atoms with van der Waals surface area (Å²) in [6.45, 7) is -2.33. The van der Waals surface area contributed by atoms with Crippen molar-refractivity contribution in [1.82, 2.24) is 5.32 Å². The van der Waals surface area contributed by atoms with Crippen LogP contribution in [0.25, 0.3) is 0 Å². The van der Waals surface area contributed by atoms with Crippen LogP contribution in [-0.2, 0) is 0 Å². The van der Waals surface area contributed by atoms with Crippen molar-refractivity contribution in [2.24, 2.45) is 0 Å². The first-order valence-electron chi connectivity index (χ1n) is 5.66. The van der Waals surface area contributed by atoms with Gasteiger partial charge in [-0.15, -0.1) is 6.42 Å². The Balaban J connectivity index is 2.84. The third-order valence-electron chi connectivity index (χ3n) is 1.75. The number of carbonyl (C=O) groups is 1. The van der Waals surface area contributed by atoms with Gasteiger partial charge in [-0.05, 0) is 18.2 Å². The standard InChI is InChI=1S/C11H12N2O2/c1-3-6-13-9-5-4-8(7-10(9)14)11(15)12-2/h1,4-5,7,13-14H,6H2,2H3,(H,12,15)/i2D3. The molecular weight excluding hydrogens is 192 g/mol. The SMILES string of the molecule is [2H]C([2H])([2H])NC(=O)c1ccc(NCC#C)c(O)c1. The zero-order chi connectivity index (χ0) is 13.8. The van der Waals surface area contributed by atoms with Crippen molar-refractivity contribution in [3.8, 4) is 18.1 Å². The molecule has 0 radical (unpaired) electrons. The monoisotopic (exact) mass is 207 g/mol. The molecule has 15 heavy (non-hydrogen) atoms. The van der Waals surface area contributed by atoms with Crippen molar-refractivity contribution < 1.29 is 14.0 Å². The molecule has 0 bridgehead atoms. The predicted molar refractivity (Wildman–Crippen MR) is 58.8 cm³/mol. The van der Waals surface area contributed by atoms with Crippen LogP contribution in [0.5, 0.6) is 5.75 Å². The van der Waals surface area contributed by atoms with E-state index in [9.17, 15) is 9.90 Å². The third-order valence-corrected chi connectivity index (χ3v) is 1.75. The molecule has 0 aromatic heterocycles. The summed E-state index contributed by atoms with van der Waals surface area (Å²) in [5.41, 5.74) is 0.424. The van der Waals surface area contributed by atoms with Gasteiger partial charge < -0.3 is 15.7 Å². The minimum absolute atomic E-state index is 0.0508. The number of hydrogen-bond donors (Lipinski definition) is 3. The van der Waals surface area contributed by atoms with Crippen molar-refractivity contribution in [3.63, 3.8) is 0 Å². The van der Waals surface area contributed by atoms with E-state index in [4.69, 9.17) is 10.5 Å². The first kappa shape index (κ1) is 7.18. The summed E-state index contributed by atoms with van der Waals surface area (Å²) in [6.07, 6.45) is 5.05. The van der Waals surface area contributed by atoms with Crippen LogP contribution in [0.4, 0.5) is 5.69 Å². The van der Waals surface area contributed by atoms with Crippen LogP contribution in [0.15, 0.2) is 18.2 Å². The molecule has 1 aromatic carbocycles. The Morgan fingerprint density at radius 1 is 1.73 bits per heavy atom. The third kappa shape index (κ3) is 2.64. The number of amides is 1. The second-order valence-corrected chi connectivity index (χ2v) is 2.74. The highest BCUT2D eigenvalue weighted by Gasteiger charge is 2.06. The van der Waals surface area contributed by atoms with Crippen LogP contribution in [0.2, 0.25) is 0 Å². The van der Waals surface area contributed by atoms with Crippen LogP contribution >= 0.6 is 0 Å². The van der Waals surface area contributed by atoms with Gasteiger partial charge in [0.05, 0.1) is 12.2 Å². The van der Waals surface area contributed by atoms with E-state index in [1.54, 1.807) is 0 Å². The van der Waals surface area contributed by atoms with Crippen LogP contribution in [0, 0.1) is 12.3 Å². The van der Waals surface area contributed by atoms with Gasteiger partial charge in [0.2, 0.25) is 0 Å². The molecular formula is C11H12N2O2. The quantitative estimate of drug-likeness (QED) is 0.507. The number of anilines is 1. The number of benzene rings is 1. The number of rotatable bonds is 3. The number of terminal acetylenes is 1. The fraction of sp³-hybridized carbons (Fsp3) is 0.182. The molecule has 0 spiro atoms. The lowest BCUT2D eigenvalue weighted by molar-refractivity contribution is 0.0962. The van der Waals surface area contributed by atoms with Crippen molar-refractivity contribution >= 4 is 11.6 Å². The number of aromatic hydroxyl groups is 1. The molecule has 0 fully saturated rings. The van der Waals surface area contributed by atoms with Crippen LogP contribution in [0.1, 0.15) is 14.5 Å². The summed E-state index contributed by atoms with van der Waals surface area (Å²) in [7, 11) is 0. The molecule has 1 aromatic rings. The lowest BCUT2D eigenvalue weighted by atomic mass is 10.1. The van der Waals surface area contributed by atoms with E-state index in [0.29, 0.717) is 5.69 Å². The molecule has 0 aliphatic carbocycles. The molecule has 0 heterocycles. The Labute approximate surface area is 92.5 Å². The fourth-order valence-corrected chi connectivity index (χ4v) is 1.04. The maximum absolute atomic E-state index is 11.5. The van der Waals surface area contributed by atoms with E-state index in [-0.39, 0.29) is 17.9 Å². The molecule has 0 saturated heterocycles. The number of phenolic OH excluding ortho intramolecular Hbond substituents is 1. The van der Waals surface area contributed by atoms with E-state index in [0.717, 1.165) is 0 Å². The molecule has 4 heteroatoms. The summed E-state index contributed by atoms with van der Waals surface area (Å²) >= 11 is 0. The minimum Gasteiger partial charge on any atom is -0.506 e. The summed E-state index contributed by atoms with van der Waals surface area (Å²) < 4.78 is 20.7. The van der Waals surface area contributed by atoms with Crippen LogP contribution in [0.3, 0.4) is 0 Å². The molecule has 0 atom stereocenters. The molecule has 0 aliphatic rings. The Bertz CT molecular complexity index is 492. The second-order valence-electron chi connectivity index (χ2n) is 2.74. The van der Waals surface area contributed by atoms with Gasteiger partial charge in [-0.25, -0.2) is 0 Å². The molecule has 78 valence electrons. The van der Waals surface area contributed by atoms with Crippen molar-refractivity contribution in [3.05, 3.63) is 23.8 Å². The average Bonchev–Trinajstić information content (AvgIpc) is 2.25. The summed E-state index contributed by atoms with van der Waals surface area (Å²) in [5.74, 6) is 1.38. The Kier molecular flexibility index (Phi) is 2.35. The second kappa shape index (κ2) is 4.91. The highest BCUT2D eigenvalue weighted by Crippen LogP contribution is 2.23. The molecule has 0 saturated carbocycles. The molecule has 1 amide bonds. The van der Waals surface area contributed by atoms with Crippen molar-refractivity contribution in [2.75, 3.05) is 18.8 Å². The van der Waals surface area contributed by atoms with Gasteiger partial charge in [0, 0.05) is 16.7 Å². The van der Waals surface area contributed by atoms with Gasteiger partial charge in [-0.1, -0.05) is 5.92 Å². The summed E-state index contributed by atoms with van der Waals surface area (Å²) in [4.78, 5) is 11.5. The maximum atomic E-state index is 11.5. The number of hydrogen-bond acceptors (Lipinski definition) is 3. The van der Waals surface area contributed by atoms with E-state index in [1.807, 2.05) is 5.32 Å². The first-order valence-corrected chi connectivity index (χ1v) is 4.16. The van der Waals surface area contributed by atoms with Crippen LogP contribution < -0.4 is 10.6 Å². The van der Waals surface area contributed by atoms with E-state index < -0.39 is 12.9 Å². The molecule has 0 aliphatic heterocycles. The first-order chi connectivity index (χ1) is 8.33. The summed E-state index contributed by atoms with van der Waals surface area (Å²) in [6, 6.07) is 4.00. The predicted octanol–water partition coefficient (Wildman–Crippen LogP) is 0.797. The maximum Gasteiger partial charge on any atom is 0.251 e. The Morgan fingerprint density at radius 3 is 3.13 bits per heavy atom. The van der Waals surface area contributed by atoms with Gasteiger partial charge >= 0.3 is 0 Å². The Hall–Kier alpha value is -2.15. The topological polar surface area (TPSA) is 61.4 Å². The molecule has 4 nitrogen and oxygen atoms in total.